The minimum atomic E-state index is 0.279. The van der Waals surface area contributed by atoms with Crippen LogP contribution in [0, 0.1) is 5.92 Å². The average Bonchev–Trinajstić information content (AvgIpc) is 2.50. The first-order valence-corrected chi connectivity index (χ1v) is 6.16. The number of hydrogen-bond acceptors (Lipinski definition) is 3. The van der Waals surface area contributed by atoms with Crippen molar-refractivity contribution < 1.29 is 4.74 Å². The average molecular weight is 212 g/mol. The third-order valence-electron chi connectivity index (χ3n) is 3.68. The largest absolute Gasteiger partial charge is 0.378 e. The van der Waals surface area contributed by atoms with E-state index in [0.29, 0.717) is 6.10 Å². The fourth-order valence-corrected chi connectivity index (χ4v) is 2.75. The Labute approximate surface area is 93.2 Å². The molecule has 2 saturated heterocycles. The summed E-state index contributed by atoms with van der Waals surface area (Å²) in [6, 6.07) is 0. The van der Waals surface area contributed by atoms with Gasteiger partial charge in [-0.2, -0.15) is 0 Å². The monoisotopic (exact) mass is 212 g/mol. The van der Waals surface area contributed by atoms with Gasteiger partial charge in [-0.05, 0) is 33.1 Å². The highest BCUT2D eigenvalue weighted by atomic mass is 16.5. The van der Waals surface area contributed by atoms with Crippen LogP contribution in [0.2, 0.25) is 0 Å². The summed E-state index contributed by atoms with van der Waals surface area (Å²) >= 11 is 0. The third-order valence-corrected chi connectivity index (χ3v) is 3.68. The molecule has 0 aliphatic carbocycles. The number of nitrogens with zero attached hydrogens (tertiary/aromatic N) is 1. The molecule has 2 atom stereocenters. The van der Waals surface area contributed by atoms with E-state index in [1.165, 1.54) is 19.5 Å². The van der Waals surface area contributed by atoms with Gasteiger partial charge in [0.25, 0.3) is 0 Å². The van der Waals surface area contributed by atoms with Gasteiger partial charge in [-0.3, -0.25) is 4.90 Å². The van der Waals surface area contributed by atoms with E-state index in [0.717, 1.165) is 25.6 Å². The minimum absolute atomic E-state index is 0.279. The molecule has 3 heteroatoms. The number of ether oxygens (including phenoxy) is 1. The maximum Gasteiger partial charge on any atom is 0.0588 e. The Morgan fingerprint density at radius 1 is 1.47 bits per heavy atom. The lowest BCUT2D eigenvalue weighted by molar-refractivity contribution is 0.0787. The van der Waals surface area contributed by atoms with Crippen molar-refractivity contribution >= 4 is 0 Å². The molecule has 0 spiro atoms. The van der Waals surface area contributed by atoms with Crippen molar-refractivity contribution in [1.82, 2.24) is 10.2 Å². The number of piperazine rings is 1. The van der Waals surface area contributed by atoms with Crippen molar-refractivity contribution in [2.24, 2.45) is 5.92 Å². The van der Waals surface area contributed by atoms with E-state index in [2.05, 4.69) is 31.0 Å². The van der Waals surface area contributed by atoms with E-state index in [-0.39, 0.29) is 5.54 Å². The predicted molar refractivity (Wildman–Crippen MR) is 62.0 cm³/mol. The van der Waals surface area contributed by atoms with Crippen molar-refractivity contribution in [3.63, 3.8) is 0 Å². The molecule has 0 aromatic carbocycles. The summed E-state index contributed by atoms with van der Waals surface area (Å²) in [6.07, 6.45) is 1.70. The first kappa shape index (κ1) is 11.4. The van der Waals surface area contributed by atoms with Gasteiger partial charge in [-0.25, -0.2) is 0 Å². The van der Waals surface area contributed by atoms with Crippen molar-refractivity contribution in [3.05, 3.63) is 0 Å². The quantitative estimate of drug-likeness (QED) is 0.742. The molecule has 3 nitrogen and oxygen atoms in total. The molecule has 2 unspecified atom stereocenters. The number of rotatable bonds is 2. The van der Waals surface area contributed by atoms with Crippen molar-refractivity contribution in [1.29, 1.82) is 0 Å². The van der Waals surface area contributed by atoms with E-state index in [1.54, 1.807) is 0 Å². The zero-order valence-corrected chi connectivity index (χ0v) is 10.3. The van der Waals surface area contributed by atoms with Crippen LogP contribution in [0.3, 0.4) is 0 Å². The van der Waals surface area contributed by atoms with Gasteiger partial charge in [0.15, 0.2) is 0 Å². The van der Waals surface area contributed by atoms with Gasteiger partial charge in [0, 0.05) is 38.3 Å². The summed E-state index contributed by atoms with van der Waals surface area (Å²) in [7, 11) is 0. The lowest BCUT2D eigenvalue weighted by atomic mass is 9.98. The Hall–Kier alpha value is -0.120. The van der Waals surface area contributed by atoms with Crippen molar-refractivity contribution in [2.75, 3.05) is 32.8 Å². The molecule has 2 aliphatic heterocycles. The summed E-state index contributed by atoms with van der Waals surface area (Å²) in [5.74, 6) is 0.749. The molecule has 2 rings (SSSR count). The van der Waals surface area contributed by atoms with Crippen molar-refractivity contribution in [3.8, 4) is 0 Å². The topological polar surface area (TPSA) is 24.5 Å². The number of nitrogens with one attached hydrogen (secondary N) is 1. The van der Waals surface area contributed by atoms with Gasteiger partial charge in [-0.15, -0.1) is 0 Å². The normalized spacial score (nSPS) is 37.0. The van der Waals surface area contributed by atoms with Crippen LogP contribution in [0.5, 0.6) is 0 Å². The predicted octanol–water partition coefficient (Wildman–Crippen LogP) is 1.10. The highest BCUT2D eigenvalue weighted by molar-refractivity contribution is 4.88. The van der Waals surface area contributed by atoms with Crippen LogP contribution >= 0.6 is 0 Å². The standard InChI is InChI=1S/C12H24N2O/c1-10-11(4-7-15-10)8-14-6-5-13-12(2,3)9-14/h10-11,13H,4-9H2,1-3H3. The maximum absolute atomic E-state index is 5.62. The van der Waals surface area contributed by atoms with Gasteiger partial charge in [0.1, 0.15) is 0 Å². The fourth-order valence-electron chi connectivity index (χ4n) is 2.75. The lowest BCUT2D eigenvalue weighted by Gasteiger charge is -2.40. The highest BCUT2D eigenvalue weighted by Crippen LogP contribution is 2.22. The third kappa shape index (κ3) is 2.92. The second kappa shape index (κ2) is 4.40. The number of hydrogen-bond donors (Lipinski definition) is 1. The highest BCUT2D eigenvalue weighted by Gasteiger charge is 2.30. The molecule has 2 aliphatic rings. The van der Waals surface area contributed by atoms with E-state index >= 15 is 0 Å². The second-order valence-electron chi connectivity index (χ2n) is 5.67. The zero-order chi connectivity index (χ0) is 10.9. The molecule has 0 bridgehead atoms. The van der Waals surface area contributed by atoms with Crippen LogP contribution in [0.1, 0.15) is 27.2 Å². The first-order chi connectivity index (χ1) is 7.07. The molecule has 0 aromatic heterocycles. The Bertz CT molecular complexity index is 218. The maximum atomic E-state index is 5.62. The summed E-state index contributed by atoms with van der Waals surface area (Å²) in [6.45, 7) is 12.4. The Morgan fingerprint density at radius 2 is 2.27 bits per heavy atom. The van der Waals surface area contributed by atoms with Crippen LogP contribution < -0.4 is 5.32 Å². The van der Waals surface area contributed by atoms with E-state index in [1.807, 2.05) is 0 Å². The second-order valence-corrected chi connectivity index (χ2v) is 5.67. The molecule has 2 heterocycles. The molecule has 0 saturated carbocycles. The molecule has 0 amide bonds. The summed E-state index contributed by atoms with van der Waals surface area (Å²) in [5.41, 5.74) is 0.279. The van der Waals surface area contributed by atoms with Gasteiger partial charge >= 0.3 is 0 Å². The molecule has 0 radical (unpaired) electrons. The smallest absolute Gasteiger partial charge is 0.0588 e. The molecular formula is C12H24N2O. The summed E-state index contributed by atoms with van der Waals surface area (Å²) < 4.78 is 5.62. The molecular weight excluding hydrogens is 188 g/mol. The molecule has 88 valence electrons. The van der Waals surface area contributed by atoms with Crippen LogP contribution in [0.15, 0.2) is 0 Å². The summed E-state index contributed by atoms with van der Waals surface area (Å²) in [4.78, 5) is 2.59. The van der Waals surface area contributed by atoms with E-state index < -0.39 is 0 Å². The van der Waals surface area contributed by atoms with E-state index in [4.69, 9.17) is 4.74 Å². The van der Waals surface area contributed by atoms with Gasteiger partial charge < -0.3 is 10.1 Å². The Morgan fingerprint density at radius 3 is 2.87 bits per heavy atom. The van der Waals surface area contributed by atoms with Crippen LogP contribution in [-0.2, 0) is 4.74 Å². The fraction of sp³-hybridized carbons (Fsp3) is 1.00. The van der Waals surface area contributed by atoms with Crippen LogP contribution in [0.25, 0.3) is 0 Å². The van der Waals surface area contributed by atoms with Crippen LogP contribution in [0.4, 0.5) is 0 Å². The Kier molecular flexibility index (Phi) is 3.33. The molecule has 15 heavy (non-hydrogen) atoms. The SMILES string of the molecule is CC1OCCC1CN1CCNC(C)(C)C1. The van der Waals surface area contributed by atoms with E-state index in [9.17, 15) is 0 Å². The summed E-state index contributed by atoms with van der Waals surface area (Å²) in [5, 5.41) is 3.55. The van der Waals surface area contributed by atoms with Crippen molar-refractivity contribution in [2.45, 2.75) is 38.8 Å². The lowest BCUT2D eigenvalue weighted by Crippen LogP contribution is -2.57. The van der Waals surface area contributed by atoms with Crippen LogP contribution in [-0.4, -0.2) is 49.3 Å². The molecule has 2 fully saturated rings. The molecule has 0 aromatic rings. The zero-order valence-electron chi connectivity index (χ0n) is 10.3. The Balaban J connectivity index is 1.83. The van der Waals surface area contributed by atoms with Gasteiger partial charge in [-0.1, -0.05) is 0 Å². The molecule has 1 N–H and O–H groups in total. The minimum Gasteiger partial charge on any atom is -0.378 e. The van der Waals surface area contributed by atoms with Gasteiger partial charge in [0.2, 0.25) is 0 Å². The first-order valence-electron chi connectivity index (χ1n) is 6.16. The van der Waals surface area contributed by atoms with Gasteiger partial charge in [0.05, 0.1) is 6.10 Å².